The Morgan fingerprint density at radius 2 is 1.93 bits per heavy atom. The molecule has 0 aliphatic rings. The number of nitrogens with zero attached hydrogens (tertiary/aromatic N) is 1. The molecule has 5 nitrogen and oxygen atoms in total. The molecule has 1 rings (SSSR count). The SMILES string of the molecule is COC(OC)c1ccc(C)c([N+](=O)[O-])c1. The van der Waals surface area contributed by atoms with Gasteiger partial charge >= 0.3 is 0 Å². The molecule has 0 fully saturated rings. The summed E-state index contributed by atoms with van der Waals surface area (Å²) in [5.74, 6) is 0. The Morgan fingerprint density at radius 1 is 1.33 bits per heavy atom. The molecule has 0 spiro atoms. The number of nitro benzene ring substituents is 1. The van der Waals surface area contributed by atoms with Crippen LogP contribution < -0.4 is 0 Å². The first-order valence-electron chi connectivity index (χ1n) is 4.40. The number of aryl methyl sites for hydroxylation is 1. The molecule has 0 saturated carbocycles. The first-order valence-corrected chi connectivity index (χ1v) is 4.40. The van der Waals surface area contributed by atoms with Crippen molar-refractivity contribution in [1.82, 2.24) is 0 Å². The van der Waals surface area contributed by atoms with E-state index >= 15 is 0 Å². The highest BCUT2D eigenvalue weighted by molar-refractivity contribution is 5.42. The van der Waals surface area contributed by atoms with Gasteiger partial charge in [0.1, 0.15) is 0 Å². The van der Waals surface area contributed by atoms with Crippen LogP contribution in [0.2, 0.25) is 0 Å². The molecule has 15 heavy (non-hydrogen) atoms. The van der Waals surface area contributed by atoms with Crippen LogP contribution in [0.3, 0.4) is 0 Å². The van der Waals surface area contributed by atoms with Crippen molar-refractivity contribution in [3.63, 3.8) is 0 Å². The van der Waals surface area contributed by atoms with Crippen LogP contribution in [0.15, 0.2) is 18.2 Å². The van der Waals surface area contributed by atoms with Gasteiger partial charge in [-0.2, -0.15) is 0 Å². The fourth-order valence-corrected chi connectivity index (χ4v) is 1.34. The fraction of sp³-hybridized carbons (Fsp3) is 0.400. The van der Waals surface area contributed by atoms with Crippen molar-refractivity contribution in [1.29, 1.82) is 0 Å². The smallest absolute Gasteiger partial charge is 0.272 e. The summed E-state index contributed by atoms with van der Waals surface area (Å²) in [6.45, 7) is 1.69. The maximum atomic E-state index is 10.7. The predicted molar refractivity (Wildman–Crippen MR) is 54.6 cm³/mol. The van der Waals surface area contributed by atoms with E-state index in [0.29, 0.717) is 11.1 Å². The van der Waals surface area contributed by atoms with Crippen molar-refractivity contribution in [2.24, 2.45) is 0 Å². The minimum Gasteiger partial charge on any atom is -0.352 e. The Hall–Kier alpha value is -1.46. The molecule has 5 heteroatoms. The minimum absolute atomic E-state index is 0.0756. The van der Waals surface area contributed by atoms with Gasteiger partial charge < -0.3 is 9.47 Å². The van der Waals surface area contributed by atoms with E-state index in [1.807, 2.05) is 0 Å². The summed E-state index contributed by atoms with van der Waals surface area (Å²) in [4.78, 5) is 10.3. The maximum Gasteiger partial charge on any atom is 0.272 e. The van der Waals surface area contributed by atoms with Crippen LogP contribution in [0, 0.1) is 17.0 Å². The number of methoxy groups -OCH3 is 2. The van der Waals surface area contributed by atoms with Gasteiger partial charge in [0.25, 0.3) is 5.69 Å². The average molecular weight is 211 g/mol. The highest BCUT2D eigenvalue weighted by Gasteiger charge is 2.16. The Kier molecular flexibility index (Phi) is 3.76. The molecule has 0 heterocycles. The van der Waals surface area contributed by atoms with Gasteiger partial charge in [-0.25, -0.2) is 0 Å². The summed E-state index contributed by atoms with van der Waals surface area (Å²) in [6.07, 6.45) is -0.565. The third-order valence-electron chi connectivity index (χ3n) is 2.13. The molecule has 0 aliphatic carbocycles. The highest BCUT2D eigenvalue weighted by atomic mass is 16.7. The zero-order chi connectivity index (χ0) is 11.4. The van der Waals surface area contributed by atoms with Crippen LogP contribution in [-0.2, 0) is 9.47 Å². The number of benzene rings is 1. The molecule has 1 aromatic carbocycles. The van der Waals surface area contributed by atoms with Crippen molar-refractivity contribution in [3.8, 4) is 0 Å². The van der Waals surface area contributed by atoms with Crippen LogP contribution in [0.1, 0.15) is 17.4 Å². The van der Waals surface area contributed by atoms with E-state index < -0.39 is 11.2 Å². The molecule has 1 aromatic rings. The van der Waals surface area contributed by atoms with Crippen molar-refractivity contribution in [2.75, 3.05) is 14.2 Å². The van der Waals surface area contributed by atoms with Crippen molar-refractivity contribution >= 4 is 5.69 Å². The van der Waals surface area contributed by atoms with Gasteiger partial charge in [0, 0.05) is 31.4 Å². The van der Waals surface area contributed by atoms with Gasteiger partial charge in [-0.3, -0.25) is 10.1 Å². The number of nitro groups is 1. The lowest BCUT2D eigenvalue weighted by molar-refractivity contribution is -0.385. The summed E-state index contributed by atoms with van der Waals surface area (Å²) in [6, 6.07) is 4.89. The van der Waals surface area contributed by atoms with E-state index in [9.17, 15) is 10.1 Å². The molecule has 0 saturated heterocycles. The Balaban J connectivity index is 3.11. The number of rotatable bonds is 4. The molecule has 0 N–H and O–H groups in total. The van der Waals surface area contributed by atoms with Gasteiger partial charge in [-0.15, -0.1) is 0 Å². The second-order valence-corrected chi connectivity index (χ2v) is 3.11. The molecule has 0 radical (unpaired) electrons. The van der Waals surface area contributed by atoms with Crippen LogP contribution in [-0.4, -0.2) is 19.1 Å². The molecular formula is C10H13NO4. The highest BCUT2D eigenvalue weighted by Crippen LogP contribution is 2.25. The summed E-state index contributed by atoms with van der Waals surface area (Å²) < 4.78 is 10.0. The topological polar surface area (TPSA) is 61.6 Å². The number of ether oxygens (including phenoxy) is 2. The zero-order valence-corrected chi connectivity index (χ0v) is 8.89. The van der Waals surface area contributed by atoms with Crippen molar-refractivity contribution < 1.29 is 14.4 Å². The predicted octanol–water partition coefficient (Wildman–Crippen LogP) is 2.19. The second kappa shape index (κ2) is 4.86. The second-order valence-electron chi connectivity index (χ2n) is 3.11. The normalized spacial score (nSPS) is 10.7. The average Bonchev–Trinajstić information content (AvgIpc) is 2.21. The largest absolute Gasteiger partial charge is 0.352 e. The molecule has 82 valence electrons. The third kappa shape index (κ3) is 2.51. The summed E-state index contributed by atoms with van der Waals surface area (Å²) in [5.41, 5.74) is 1.33. The van der Waals surface area contributed by atoms with E-state index in [0.717, 1.165) is 0 Å². The van der Waals surface area contributed by atoms with E-state index in [1.165, 1.54) is 20.3 Å². The first-order chi connectivity index (χ1) is 7.10. The molecule has 0 atom stereocenters. The molecule has 0 amide bonds. The Bertz CT molecular complexity index is 360. The van der Waals surface area contributed by atoms with Gasteiger partial charge in [-0.05, 0) is 6.92 Å². The van der Waals surface area contributed by atoms with E-state index in [2.05, 4.69) is 0 Å². The lowest BCUT2D eigenvalue weighted by Gasteiger charge is -2.13. The van der Waals surface area contributed by atoms with Gasteiger partial charge in [0.15, 0.2) is 6.29 Å². The Morgan fingerprint density at radius 3 is 2.40 bits per heavy atom. The molecule has 0 unspecified atom stereocenters. The molecular weight excluding hydrogens is 198 g/mol. The van der Waals surface area contributed by atoms with Crippen LogP contribution in [0.25, 0.3) is 0 Å². The van der Waals surface area contributed by atoms with Crippen LogP contribution in [0.4, 0.5) is 5.69 Å². The quantitative estimate of drug-likeness (QED) is 0.435. The van der Waals surface area contributed by atoms with Gasteiger partial charge in [0.2, 0.25) is 0 Å². The van der Waals surface area contributed by atoms with Crippen molar-refractivity contribution in [3.05, 3.63) is 39.4 Å². The summed E-state index contributed by atoms with van der Waals surface area (Å²) >= 11 is 0. The molecule has 0 aliphatic heterocycles. The molecule has 0 bridgehead atoms. The lowest BCUT2D eigenvalue weighted by atomic mass is 10.1. The summed E-state index contributed by atoms with van der Waals surface area (Å²) in [7, 11) is 2.97. The van der Waals surface area contributed by atoms with E-state index in [4.69, 9.17) is 9.47 Å². The van der Waals surface area contributed by atoms with Crippen LogP contribution >= 0.6 is 0 Å². The maximum absolute atomic E-state index is 10.7. The van der Waals surface area contributed by atoms with Crippen LogP contribution in [0.5, 0.6) is 0 Å². The lowest BCUT2D eigenvalue weighted by Crippen LogP contribution is -2.04. The summed E-state index contributed by atoms with van der Waals surface area (Å²) in [5, 5.41) is 10.7. The molecule has 0 aromatic heterocycles. The van der Waals surface area contributed by atoms with Crippen molar-refractivity contribution in [2.45, 2.75) is 13.2 Å². The van der Waals surface area contributed by atoms with Gasteiger partial charge in [-0.1, -0.05) is 12.1 Å². The Labute approximate surface area is 87.8 Å². The monoisotopic (exact) mass is 211 g/mol. The van der Waals surface area contributed by atoms with Gasteiger partial charge in [0.05, 0.1) is 4.92 Å². The first kappa shape index (κ1) is 11.6. The zero-order valence-electron chi connectivity index (χ0n) is 8.89. The van der Waals surface area contributed by atoms with E-state index in [-0.39, 0.29) is 5.69 Å². The third-order valence-corrected chi connectivity index (χ3v) is 2.13. The van der Waals surface area contributed by atoms with E-state index in [1.54, 1.807) is 19.1 Å². The number of hydrogen-bond acceptors (Lipinski definition) is 4. The number of hydrogen-bond donors (Lipinski definition) is 0. The fourth-order valence-electron chi connectivity index (χ4n) is 1.34. The standard InChI is InChI=1S/C10H13NO4/c1-7-4-5-8(10(14-2)15-3)6-9(7)11(12)13/h4-6,10H,1-3H3. The minimum atomic E-state index is -0.565.